The molecule has 2 N–H and O–H groups in total. The van der Waals surface area contributed by atoms with Gasteiger partial charge in [0, 0.05) is 10.6 Å². The number of hydrogen-bond donors (Lipinski definition) is 2. The third-order valence-electron chi connectivity index (χ3n) is 3.35. The maximum absolute atomic E-state index is 12.2. The van der Waals surface area contributed by atoms with Crippen LogP contribution in [-0.2, 0) is 11.2 Å². The summed E-state index contributed by atoms with van der Waals surface area (Å²) in [5.74, 6) is 0.148. The van der Waals surface area contributed by atoms with Gasteiger partial charge in [0.05, 0.1) is 20.1 Å². The Morgan fingerprint density at radius 2 is 1.84 bits per heavy atom. The summed E-state index contributed by atoms with van der Waals surface area (Å²) in [6, 6.07) is 11.8. The summed E-state index contributed by atoms with van der Waals surface area (Å²) in [5, 5.41) is 0.500. The standard InChI is InChI=1S/C18H19ClN2O4/c1-3-25-15-9-8-13(10-16(15)24-2)18(23)21-20-17(22)11-12-6-4-5-7-14(12)19/h4-10H,3,11H2,1-2H3,(H,20,22)(H,21,23). The van der Waals surface area contributed by atoms with Crippen LogP contribution in [0.5, 0.6) is 11.5 Å². The van der Waals surface area contributed by atoms with E-state index < -0.39 is 5.91 Å². The van der Waals surface area contributed by atoms with Crippen LogP contribution in [0.4, 0.5) is 0 Å². The lowest BCUT2D eigenvalue weighted by Crippen LogP contribution is -2.42. The van der Waals surface area contributed by atoms with E-state index in [1.54, 1.807) is 42.5 Å². The Balaban J connectivity index is 1.95. The normalized spacial score (nSPS) is 10.0. The number of rotatable bonds is 6. The second-order valence-electron chi connectivity index (χ2n) is 5.07. The van der Waals surface area contributed by atoms with Crippen molar-refractivity contribution < 1.29 is 19.1 Å². The van der Waals surface area contributed by atoms with Crippen molar-refractivity contribution in [2.75, 3.05) is 13.7 Å². The molecule has 0 saturated carbocycles. The molecule has 2 aromatic carbocycles. The van der Waals surface area contributed by atoms with E-state index in [1.807, 2.05) is 6.92 Å². The highest BCUT2D eigenvalue weighted by Crippen LogP contribution is 2.27. The molecule has 2 rings (SSSR count). The molecule has 0 fully saturated rings. The number of carbonyl (C=O) groups excluding carboxylic acids is 2. The third-order valence-corrected chi connectivity index (χ3v) is 3.72. The van der Waals surface area contributed by atoms with Gasteiger partial charge in [0.1, 0.15) is 0 Å². The molecule has 2 amide bonds. The number of ether oxygens (including phenoxy) is 2. The van der Waals surface area contributed by atoms with Gasteiger partial charge in [-0.05, 0) is 36.8 Å². The topological polar surface area (TPSA) is 76.7 Å². The largest absolute Gasteiger partial charge is 0.493 e. The molecule has 0 aromatic heterocycles. The van der Waals surface area contributed by atoms with Gasteiger partial charge in [-0.25, -0.2) is 0 Å². The lowest BCUT2D eigenvalue weighted by molar-refractivity contribution is -0.121. The lowest BCUT2D eigenvalue weighted by atomic mass is 10.1. The van der Waals surface area contributed by atoms with E-state index in [0.717, 1.165) is 0 Å². The Morgan fingerprint density at radius 3 is 2.52 bits per heavy atom. The predicted octanol–water partition coefficient (Wildman–Crippen LogP) is 2.75. The lowest BCUT2D eigenvalue weighted by Gasteiger charge is -2.12. The van der Waals surface area contributed by atoms with Crippen LogP contribution < -0.4 is 20.3 Å². The van der Waals surface area contributed by atoms with Crippen molar-refractivity contribution in [1.82, 2.24) is 10.9 Å². The Labute approximate surface area is 151 Å². The van der Waals surface area contributed by atoms with Crippen LogP contribution in [0.15, 0.2) is 42.5 Å². The van der Waals surface area contributed by atoms with Gasteiger partial charge in [-0.15, -0.1) is 0 Å². The summed E-state index contributed by atoms with van der Waals surface area (Å²) in [7, 11) is 1.49. The number of amides is 2. The minimum atomic E-state index is -0.464. The fourth-order valence-electron chi connectivity index (χ4n) is 2.14. The number of methoxy groups -OCH3 is 1. The maximum atomic E-state index is 12.2. The zero-order chi connectivity index (χ0) is 18.2. The van der Waals surface area contributed by atoms with E-state index in [-0.39, 0.29) is 12.3 Å². The summed E-state index contributed by atoms with van der Waals surface area (Å²) >= 11 is 6.01. The molecule has 0 unspecified atom stereocenters. The molecule has 0 aliphatic heterocycles. The summed E-state index contributed by atoms with van der Waals surface area (Å²) in [4.78, 5) is 24.1. The molecule has 2 aromatic rings. The molecule has 0 aliphatic carbocycles. The van der Waals surface area contributed by atoms with Crippen LogP contribution in [0.25, 0.3) is 0 Å². The second kappa shape index (κ2) is 8.94. The molecule has 0 heterocycles. The number of hydrogen-bond acceptors (Lipinski definition) is 4. The van der Waals surface area contributed by atoms with Gasteiger partial charge in [-0.3, -0.25) is 20.4 Å². The van der Waals surface area contributed by atoms with E-state index in [4.69, 9.17) is 21.1 Å². The van der Waals surface area contributed by atoms with Gasteiger partial charge in [-0.2, -0.15) is 0 Å². The van der Waals surface area contributed by atoms with Crippen LogP contribution in [0, 0.1) is 0 Å². The van der Waals surface area contributed by atoms with Crippen molar-refractivity contribution >= 4 is 23.4 Å². The molecule has 7 heteroatoms. The molecule has 0 aliphatic rings. The van der Waals surface area contributed by atoms with E-state index in [0.29, 0.717) is 34.3 Å². The fraction of sp³-hybridized carbons (Fsp3) is 0.222. The molecule has 25 heavy (non-hydrogen) atoms. The average Bonchev–Trinajstić information content (AvgIpc) is 2.62. The third kappa shape index (κ3) is 5.12. The van der Waals surface area contributed by atoms with Crippen molar-refractivity contribution in [3.05, 3.63) is 58.6 Å². The first-order valence-electron chi connectivity index (χ1n) is 7.68. The first-order chi connectivity index (χ1) is 12.0. The number of halogens is 1. The predicted molar refractivity (Wildman–Crippen MR) is 94.9 cm³/mol. The molecule has 0 spiro atoms. The van der Waals surface area contributed by atoms with Crippen molar-refractivity contribution in [3.63, 3.8) is 0 Å². The molecular weight excluding hydrogens is 344 g/mol. The number of nitrogens with one attached hydrogen (secondary N) is 2. The highest BCUT2D eigenvalue weighted by atomic mass is 35.5. The monoisotopic (exact) mass is 362 g/mol. The van der Waals surface area contributed by atoms with Gasteiger partial charge >= 0.3 is 0 Å². The zero-order valence-corrected chi connectivity index (χ0v) is 14.7. The van der Waals surface area contributed by atoms with Crippen LogP contribution in [0.2, 0.25) is 5.02 Å². The molecule has 0 saturated heterocycles. The van der Waals surface area contributed by atoms with Crippen LogP contribution in [-0.4, -0.2) is 25.5 Å². The van der Waals surface area contributed by atoms with Crippen LogP contribution >= 0.6 is 11.6 Å². The number of benzene rings is 2. The number of carbonyl (C=O) groups is 2. The highest BCUT2D eigenvalue weighted by molar-refractivity contribution is 6.31. The van der Waals surface area contributed by atoms with Gasteiger partial charge in [-0.1, -0.05) is 29.8 Å². The Bertz CT molecular complexity index is 764. The van der Waals surface area contributed by atoms with Gasteiger partial charge in [0.2, 0.25) is 5.91 Å². The molecule has 132 valence electrons. The summed E-state index contributed by atoms with van der Waals surface area (Å²) in [6.45, 7) is 2.34. The summed E-state index contributed by atoms with van der Waals surface area (Å²) in [6.07, 6.45) is 0.0621. The van der Waals surface area contributed by atoms with Gasteiger partial charge in [0.15, 0.2) is 11.5 Å². The SMILES string of the molecule is CCOc1ccc(C(=O)NNC(=O)Cc2ccccc2Cl)cc1OC. The van der Waals surface area contributed by atoms with Crippen molar-refractivity contribution in [1.29, 1.82) is 0 Å². The van der Waals surface area contributed by atoms with Crippen LogP contribution in [0.1, 0.15) is 22.8 Å². The smallest absolute Gasteiger partial charge is 0.269 e. The second-order valence-corrected chi connectivity index (χ2v) is 5.48. The minimum Gasteiger partial charge on any atom is -0.493 e. The molecule has 0 radical (unpaired) electrons. The van der Waals surface area contributed by atoms with Gasteiger partial charge < -0.3 is 9.47 Å². The number of hydrazine groups is 1. The quantitative estimate of drug-likeness (QED) is 0.775. The zero-order valence-electron chi connectivity index (χ0n) is 14.0. The molecule has 6 nitrogen and oxygen atoms in total. The van der Waals surface area contributed by atoms with Crippen molar-refractivity contribution in [2.24, 2.45) is 0 Å². The summed E-state index contributed by atoms with van der Waals surface area (Å²) in [5.41, 5.74) is 5.74. The highest BCUT2D eigenvalue weighted by Gasteiger charge is 2.12. The van der Waals surface area contributed by atoms with Crippen molar-refractivity contribution in [3.8, 4) is 11.5 Å². The maximum Gasteiger partial charge on any atom is 0.269 e. The van der Waals surface area contributed by atoms with E-state index in [9.17, 15) is 9.59 Å². The Kier molecular flexibility index (Phi) is 6.65. The first kappa shape index (κ1) is 18.6. The van der Waals surface area contributed by atoms with Crippen molar-refractivity contribution in [2.45, 2.75) is 13.3 Å². The van der Waals surface area contributed by atoms with E-state index in [2.05, 4.69) is 10.9 Å². The summed E-state index contributed by atoms with van der Waals surface area (Å²) < 4.78 is 10.6. The first-order valence-corrected chi connectivity index (χ1v) is 8.06. The Hall–Kier alpha value is -2.73. The van der Waals surface area contributed by atoms with Gasteiger partial charge in [0.25, 0.3) is 5.91 Å². The average molecular weight is 363 g/mol. The minimum absolute atomic E-state index is 0.0621. The molecule has 0 bridgehead atoms. The fourth-order valence-corrected chi connectivity index (χ4v) is 2.34. The van der Waals surface area contributed by atoms with E-state index in [1.165, 1.54) is 7.11 Å². The van der Waals surface area contributed by atoms with Crippen LogP contribution in [0.3, 0.4) is 0 Å². The Morgan fingerprint density at radius 1 is 1.08 bits per heavy atom. The van der Waals surface area contributed by atoms with E-state index >= 15 is 0 Å². The molecular formula is C18H19ClN2O4. The molecule has 0 atom stereocenters.